The number of fused-ring (bicyclic) bond motifs is 1. The molecule has 0 aliphatic carbocycles. The van der Waals surface area contributed by atoms with Gasteiger partial charge in [0.2, 0.25) is 18.5 Å². The van der Waals surface area contributed by atoms with Gasteiger partial charge < -0.3 is 14.0 Å². The smallest absolute Gasteiger partial charge is 0.266 e. The Morgan fingerprint density at radius 1 is 1.03 bits per heavy atom. The van der Waals surface area contributed by atoms with Gasteiger partial charge in [-0.1, -0.05) is 5.16 Å². The van der Waals surface area contributed by atoms with Crippen LogP contribution in [-0.4, -0.2) is 26.7 Å². The first-order chi connectivity index (χ1) is 15.1. The molecule has 0 spiro atoms. The summed E-state index contributed by atoms with van der Waals surface area (Å²) in [7, 11) is 0. The van der Waals surface area contributed by atoms with Crippen molar-refractivity contribution >= 4 is 15.9 Å². The molecule has 2 aromatic heterocycles. The van der Waals surface area contributed by atoms with Crippen molar-refractivity contribution in [3.8, 4) is 34.1 Å². The van der Waals surface area contributed by atoms with E-state index in [9.17, 15) is 9.18 Å². The van der Waals surface area contributed by atoms with Crippen LogP contribution in [0.15, 0.2) is 62.3 Å². The molecule has 0 unspecified atom stereocenters. The van der Waals surface area contributed by atoms with Crippen LogP contribution in [0, 0.1) is 5.82 Å². The second-order valence-electron chi connectivity index (χ2n) is 6.74. The Labute approximate surface area is 183 Å². The van der Waals surface area contributed by atoms with Crippen molar-refractivity contribution in [1.29, 1.82) is 0 Å². The molecule has 2 aromatic carbocycles. The number of hydrogen-bond donors (Lipinski definition) is 0. The third-order valence-corrected chi connectivity index (χ3v) is 5.33. The third-order valence-electron chi connectivity index (χ3n) is 4.72. The van der Waals surface area contributed by atoms with E-state index in [1.54, 1.807) is 18.2 Å². The average Bonchev–Trinajstić information content (AvgIpc) is 3.44. The fourth-order valence-electron chi connectivity index (χ4n) is 3.13. The van der Waals surface area contributed by atoms with Crippen molar-refractivity contribution in [3.05, 3.63) is 75.1 Å². The van der Waals surface area contributed by atoms with Crippen LogP contribution >= 0.6 is 15.9 Å². The highest BCUT2D eigenvalue weighted by Crippen LogP contribution is 2.35. The van der Waals surface area contributed by atoms with Crippen molar-refractivity contribution in [1.82, 2.24) is 19.9 Å². The molecule has 4 aromatic rings. The average molecular weight is 485 g/mol. The highest BCUT2D eigenvalue weighted by atomic mass is 79.9. The third kappa shape index (κ3) is 3.93. The van der Waals surface area contributed by atoms with Crippen LogP contribution in [0.2, 0.25) is 0 Å². The molecule has 0 atom stereocenters. The quantitative estimate of drug-likeness (QED) is 0.424. The Balaban J connectivity index is 1.34. The maximum atomic E-state index is 13.4. The minimum absolute atomic E-state index is 0.187. The second kappa shape index (κ2) is 7.95. The van der Waals surface area contributed by atoms with Gasteiger partial charge >= 0.3 is 0 Å². The molecule has 0 amide bonds. The van der Waals surface area contributed by atoms with Crippen molar-refractivity contribution in [2.45, 2.75) is 13.0 Å². The largest absolute Gasteiger partial charge is 0.454 e. The molecule has 5 rings (SSSR count). The van der Waals surface area contributed by atoms with E-state index < -0.39 is 0 Å². The zero-order valence-electron chi connectivity index (χ0n) is 15.9. The number of rotatable bonds is 5. The summed E-state index contributed by atoms with van der Waals surface area (Å²) in [6.07, 6.45) is 0.312. The van der Waals surface area contributed by atoms with Gasteiger partial charge in [0, 0.05) is 23.6 Å². The molecule has 0 bridgehead atoms. The Kier molecular flexibility index (Phi) is 4.99. The van der Waals surface area contributed by atoms with E-state index in [0.29, 0.717) is 45.4 Å². The van der Waals surface area contributed by atoms with E-state index in [0.717, 1.165) is 5.56 Å². The van der Waals surface area contributed by atoms with Crippen molar-refractivity contribution in [2.24, 2.45) is 0 Å². The number of aromatic nitrogens is 4. The predicted octanol–water partition coefficient (Wildman–Crippen LogP) is 3.83. The molecule has 10 heteroatoms. The minimum atomic E-state index is -0.375. The summed E-state index contributed by atoms with van der Waals surface area (Å²) in [6.45, 7) is 0.443. The van der Waals surface area contributed by atoms with E-state index in [1.165, 1.54) is 16.8 Å². The van der Waals surface area contributed by atoms with Crippen LogP contribution < -0.4 is 15.0 Å². The standard InChI is InChI=1S/C21H14BrFN4O4/c22-14-9-13(1-3-15(14)23)21-24-19(31-26-21)7-8-27-20(28)6-4-16(25-27)12-2-5-17-18(10-12)30-11-29-17/h1-6,9-10H,7-8,11H2. The first-order valence-electron chi connectivity index (χ1n) is 9.33. The summed E-state index contributed by atoms with van der Waals surface area (Å²) in [5, 5.41) is 8.37. The summed E-state index contributed by atoms with van der Waals surface area (Å²) in [4.78, 5) is 16.6. The number of halogens is 2. The summed E-state index contributed by atoms with van der Waals surface area (Å²) in [6, 6.07) is 13.1. The van der Waals surface area contributed by atoms with E-state index in [-0.39, 0.29) is 24.7 Å². The highest BCUT2D eigenvalue weighted by molar-refractivity contribution is 9.10. The molecule has 0 radical (unpaired) electrons. The molecule has 1 aliphatic rings. The Morgan fingerprint density at radius 3 is 2.74 bits per heavy atom. The summed E-state index contributed by atoms with van der Waals surface area (Å²) >= 11 is 3.14. The predicted molar refractivity (Wildman–Crippen MR) is 111 cm³/mol. The fourth-order valence-corrected chi connectivity index (χ4v) is 3.51. The molecule has 1 aliphatic heterocycles. The first kappa shape index (κ1) is 19.4. The lowest BCUT2D eigenvalue weighted by Gasteiger charge is -2.06. The lowest BCUT2D eigenvalue weighted by Crippen LogP contribution is -2.23. The molecule has 3 heterocycles. The Morgan fingerprint density at radius 2 is 1.87 bits per heavy atom. The topological polar surface area (TPSA) is 92.3 Å². The van der Waals surface area contributed by atoms with E-state index in [1.807, 2.05) is 18.2 Å². The summed E-state index contributed by atoms with van der Waals surface area (Å²) in [5.74, 6) is 1.63. The van der Waals surface area contributed by atoms with Crippen LogP contribution in [0.25, 0.3) is 22.6 Å². The van der Waals surface area contributed by atoms with Crippen LogP contribution in [0.1, 0.15) is 5.89 Å². The number of nitrogens with zero attached hydrogens (tertiary/aromatic N) is 4. The maximum absolute atomic E-state index is 13.4. The maximum Gasteiger partial charge on any atom is 0.266 e. The van der Waals surface area contributed by atoms with Gasteiger partial charge in [-0.2, -0.15) is 10.1 Å². The number of aryl methyl sites for hydroxylation is 2. The number of benzene rings is 2. The fraction of sp³-hybridized carbons (Fsp3) is 0.143. The van der Waals surface area contributed by atoms with Gasteiger partial charge in [0.25, 0.3) is 5.56 Å². The molecule has 0 saturated carbocycles. The van der Waals surface area contributed by atoms with Gasteiger partial charge in [-0.25, -0.2) is 9.07 Å². The second-order valence-corrected chi connectivity index (χ2v) is 7.59. The van der Waals surface area contributed by atoms with E-state index in [2.05, 4.69) is 31.2 Å². The zero-order valence-corrected chi connectivity index (χ0v) is 17.5. The number of hydrogen-bond acceptors (Lipinski definition) is 7. The van der Waals surface area contributed by atoms with Gasteiger partial charge in [-0.3, -0.25) is 4.79 Å². The molecule has 31 heavy (non-hydrogen) atoms. The zero-order chi connectivity index (χ0) is 21.4. The van der Waals surface area contributed by atoms with Gasteiger partial charge in [0.1, 0.15) is 5.82 Å². The monoisotopic (exact) mass is 484 g/mol. The van der Waals surface area contributed by atoms with Gasteiger partial charge in [0.15, 0.2) is 11.5 Å². The molecule has 0 N–H and O–H groups in total. The molecule has 8 nitrogen and oxygen atoms in total. The van der Waals surface area contributed by atoms with Gasteiger partial charge in [0.05, 0.1) is 16.7 Å². The molecule has 0 saturated heterocycles. The van der Waals surface area contributed by atoms with E-state index in [4.69, 9.17) is 14.0 Å². The minimum Gasteiger partial charge on any atom is -0.454 e. The number of ether oxygens (including phenoxy) is 2. The molecular formula is C21H14BrFN4O4. The molecular weight excluding hydrogens is 471 g/mol. The van der Waals surface area contributed by atoms with Gasteiger partial charge in [-0.05, 0) is 58.4 Å². The van der Waals surface area contributed by atoms with Crippen LogP contribution in [0.5, 0.6) is 11.5 Å². The Hall–Kier alpha value is -3.53. The lowest BCUT2D eigenvalue weighted by molar-refractivity contribution is 0.174. The van der Waals surface area contributed by atoms with Crippen LogP contribution in [0.4, 0.5) is 4.39 Å². The molecule has 156 valence electrons. The van der Waals surface area contributed by atoms with Crippen molar-refractivity contribution < 1.29 is 18.4 Å². The summed E-state index contributed by atoms with van der Waals surface area (Å²) in [5.41, 5.74) is 1.80. The lowest BCUT2D eigenvalue weighted by atomic mass is 10.1. The normalized spacial score (nSPS) is 12.3. The SMILES string of the molecule is O=c1ccc(-c2ccc3c(c2)OCO3)nn1CCc1nc(-c2ccc(F)c(Br)c2)no1. The van der Waals surface area contributed by atoms with E-state index >= 15 is 0 Å². The van der Waals surface area contributed by atoms with Crippen molar-refractivity contribution in [3.63, 3.8) is 0 Å². The summed E-state index contributed by atoms with van der Waals surface area (Å²) < 4.78 is 31.1. The Bertz CT molecular complexity index is 1340. The highest BCUT2D eigenvalue weighted by Gasteiger charge is 2.15. The van der Waals surface area contributed by atoms with Crippen LogP contribution in [0.3, 0.4) is 0 Å². The van der Waals surface area contributed by atoms with Crippen molar-refractivity contribution in [2.75, 3.05) is 6.79 Å². The first-order valence-corrected chi connectivity index (χ1v) is 10.1. The molecule has 0 fully saturated rings. The van der Waals surface area contributed by atoms with Gasteiger partial charge in [-0.15, -0.1) is 0 Å². The van der Waals surface area contributed by atoms with Crippen LogP contribution in [-0.2, 0) is 13.0 Å².